The molecule has 5 nitrogen and oxygen atoms in total. The van der Waals surface area contributed by atoms with Crippen LogP contribution in [0.5, 0.6) is 0 Å². The SMILES string of the molecule is O=S1(=O)CCC(S(=O)(=O)Nc2ccccc2)CC1. The molecular weight excluding hydrogens is 274 g/mol. The number of nitrogens with one attached hydrogen (secondary N) is 1. The molecule has 0 aromatic heterocycles. The fraction of sp³-hybridized carbons (Fsp3) is 0.455. The standard InChI is InChI=1S/C11H15NO4S2/c13-17(14)8-6-11(7-9-17)18(15,16)12-10-4-2-1-3-5-10/h1-5,11-12H,6-9H2. The summed E-state index contributed by atoms with van der Waals surface area (Å²) < 4.78 is 49.1. The molecule has 1 aromatic rings. The summed E-state index contributed by atoms with van der Waals surface area (Å²) in [4.78, 5) is 0. The van der Waals surface area contributed by atoms with Gasteiger partial charge in [-0.25, -0.2) is 16.8 Å². The van der Waals surface area contributed by atoms with Gasteiger partial charge in [0.1, 0.15) is 9.84 Å². The van der Waals surface area contributed by atoms with Gasteiger partial charge in [-0.1, -0.05) is 18.2 Å². The van der Waals surface area contributed by atoms with Gasteiger partial charge in [-0.15, -0.1) is 0 Å². The van der Waals surface area contributed by atoms with Gasteiger partial charge in [-0.3, -0.25) is 4.72 Å². The molecule has 1 saturated heterocycles. The minimum Gasteiger partial charge on any atom is -0.283 e. The van der Waals surface area contributed by atoms with Gasteiger partial charge in [0.05, 0.1) is 16.8 Å². The van der Waals surface area contributed by atoms with E-state index in [1.54, 1.807) is 30.3 Å². The van der Waals surface area contributed by atoms with Crippen LogP contribution >= 0.6 is 0 Å². The monoisotopic (exact) mass is 289 g/mol. The second kappa shape index (κ2) is 4.89. The Morgan fingerprint density at radius 3 is 2.17 bits per heavy atom. The quantitative estimate of drug-likeness (QED) is 0.900. The maximum Gasteiger partial charge on any atom is 0.235 e. The Balaban J connectivity index is 2.09. The zero-order chi connectivity index (χ0) is 13.2. The summed E-state index contributed by atoms with van der Waals surface area (Å²) in [6.07, 6.45) is 0.342. The molecule has 2 rings (SSSR count). The number of sulfone groups is 1. The lowest BCUT2D eigenvalue weighted by molar-refractivity contribution is 0.555. The lowest BCUT2D eigenvalue weighted by atomic mass is 10.2. The van der Waals surface area contributed by atoms with Crippen molar-refractivity contribution in [3.05, 3.63) is 30.3 Å². The average Bonchev–Trinajstić information content (AvgIpc) is 2.29. The van der Waals surface area contributed by atoms with E-state index in [2.05, 4.69) is 4.72 Å². The Morgan fingerprint density at radius 2 is 1.61 bits per heavy atom. The minimum atomic E-state index is -3.50. The Labute approximate surface area is 107 Å². The van der Waals surface area contributed by atoms with Crippen LogP contribution in [0.3, 0.4) is 0 Å². The van der Waals surface area contributed by atoms with E-state index in [0.717, 1.165) is 0 Å². The van der Waals surface area contributed by atoms with Gasteiger partial charge in [0.25, 0.3) is 0 Å². The molecule has 0 aliphatic carbocycles. The largest absolute Gasteiger partial charge is 0.283 e. The van der Waals surface area contributed by atoms with Gasteiger partial charge in [0.2, 0.25) is 10.0 Å². The van der Waals surface area contributed by atoms with Crippen LogP contribution in [-0.2, 0) is 19.9 Å². The summed E-state index contributed by atoms with van der Waals surface area (Å²) in [6.45, 7) is 0. The molecule has 0 saturated carbocycles. The van der Waals surface area contributed by atoms with Crippen LogP contribution in [0.4, 0.5) is 5.69 Å². The summed E-state index contributed by atoms with van der Waals surface area (Å²) in [6, 6.07) is 8.60. The van der Waals surface area contributed by atoms with Crippen LogP contribution in [-0.4, -0.2) is 33.6 Å². The van der Waals surface area contributed by atoms with Crippen LogP contribution in [0.1, 0.15) is 12.8 Å². The van der Waals surface area contributed by atoms with Crippen molar-refractivity contribution in [2.45, 2.75) is 18.1 Å². The maximum absolute atomic E-state index is 12.1. The second-order valence-corrected chi connectivity index (χ2v) is 8.63. The highest BCUT2D eigenvalue weighted by molar-refractivity contribution is 7.94. The molecule has 0 unspecified atom stereocenters. The Kier molecular flexibility index (Phi) is 3.63. The number of sulfonamides is 1. The fourth-order valence-electron chi connectivity index (χ4n) is 1.93. The second-order valence-electron chi connectivity index (χ2n) is 4.36. The van der Waals surface area contributed by atoms with Crippen LogP contribution in [0, 0.1) is 0 Å². The predicted molar refractivity (Wildman–Crippen MR) is 70.7 cm³/mol. The number of para-hydroxylation sites is 1. The normalized spacial score (nSPS) is 20.4. The first kappa shape index (κ1) is 13.4. The van der Waals surface area contributed by atoms with Crippen molar-refractivity contribution in [2.24, 2.45) is 0 Å². The number of rotatable bonds is 3. The summed E-state index contributed by atoms with van der Waals surface area (Å²) in [5, 5.41) is -0.624. The van der Waals surface area contributed by atoms with E-state index in [9.17, 15) is 16.8 Å². The highest BCUT2D eigenvalue weighted by atomic mass is 32.2. The van der Waals surface area contributed by atoms with Crippen molar-refractivity contribution in [3.63, 3.8) is 0 Å². The van der Waals surface area contributed by atoms with Crippen molar-refractivity contribution in [3.8, 4) is 0 Å². The van der Waals surface area contributed by atoms with Crippen molar-refractivity contribution in [1.29, 1.82) is 0 Å². The van der Waals surface area contributed by atoms with E-state index in [0.29, 0.717) is 5.69 Å². The van der Waals surface area contributed by atoms with Gasteiger partial charge >= 0.3 is 0 Å². The van der Waals surface area contributed by atoms with E-state index in [-0.39, 0.29) is 24.3 Å². The van der Waals surface area contributed by atoms with Gasteiger partial charge in [-0.2, -0.15) is 0 Å². The zero-order valence-corrected chi connectivity index (χ0v) is 11.4. The smallest absolute Gasteiger partial charge is 0.235 e. The van der Waals surface area contributed by atoms with E-state index >= 15 is 0 Å². The Bertz CT molecular complexity index is 594. The molecule has 0 radical (unpaired) electrons. The molecular formula is C11H15NO4S2. The molecule has 1 fully saturated rings. The topological polar surface area (TPSA) is 80.3 Å². The molecule has 18 heavy (non-hydrogen) atoms. The third kappa shape index (κ3) is 3.23. The molecule has 7 heteroatoms. The molecule has 0 atom stereocenters. The summed E-state index contributed by atoms with van der Waals surface area (Å²) in [5.41, 5.74) is 0.505. The first-order chi connectivity index (χ1) is 8.39. The first-order valence-electron chi connectivity index (χ1n) is 5.66. The van der Waals surface area contributed by atoms with Crippen molar-refractivity contribution in [2.75, 3.05) is 16.2 Å². The summed E-state index contributed by atoms with van der Waals surface area (Å²) in [7, 11) is -6.54. The summed E-state index contributed by atoms with van der Waals surface area (Å²) in [5.74, 6) is -0.0965. The van der Waals surface area contributed by atoms with E-state index in [1.165, 1.54) is 0 Å². The molecule has 1 aromatic carbocycles. The van der Waals surface area contributed by atoms with Crippen LogP contribution in [0.15, 0.2) is 30.3 Å². The molecule has 100 valence electrons. The van der Waals surface area contributed by atoms with Crippen molar-refractivity contribution in [1.82, 2.24) is 0 Å². The van der Waals surface area contributed by atoms with Crippen LogP contribution in [0.2, 0.25) is 0 Å². The fourth-order valence-corrected chi connectivity index (χ4v) is 5.21. The zero-order valence-electron chi connectivity index (χ0n) is 9.74. The Morgan fingerprint density at radius 1 is 1.06 bits per heavy atom. The van der Waals surface area contributed by atoms with E-state index < -0.39 is 25.1 Å². The Hall–Kier alpha value is -1.08. The average molecular weight is 289 g/mol. The van der Waals surface area contributed by atoms with E-state index in [4.69, 9.17) is 0 Å². The van der Waals surface area contributed by atoms with Crippen molar-refractivity contribution >= 4 is 25.5 Å². The van der Waals surface area contributed by atoms with E-state index in [1.807, 2.05) is 0 Å². The molecule has 0 spiro atoms. The number of benzene rings is 1. The third-order valence-electron chi connectivity index (χ3n) is 2.97. The minimum absolute atomic E-state index is 0.0482. The van der Waals surface area contributed by atoms with Gasteiger partial charge in [0, 0.05) is 5.69 Å². The highest BCUT2D eigenvalue weighted by Crippen LogP contribution is 2.21. The maximum atomic E-state index is 12.1. The third-order valence-corrected chi connectivity index (χ3v) is 6.56. The first-order valence-corrected chi connectivity index (χ1v) is 9.03. The molecule has 1 aliphatic rings. The number of hydrogen-bond donors (Lipinski definition) is 1. The van der Waals surface area contributed by atoms with Crippen LogP contribution < -0.4 is 4.72 Å². The molecule has 1 heterocycles. The molecule has 0 amide bonds. The molecule has 0 bridgehead atoms. The summed E-state index contributed by atoms with van der Waals surface area (Å²) >= 11 is 0. The van der Waals surface area contributed by atoms with Gasteiger partial charge in [-0.05, 0) is 25.0 Å². The molecule has 1 N–H and O–H groups in total. The number of hydrogen-bond acceptors (Lipinski definition) is 4. The van der Waals surface area contributed by atoms with Gasteiger partial charge < -0.3 is 0 Å². The number of anilines is 1. The van der Waals surface area contributed by atoms with Gasteiger partial charge in [0.15, 0.2) is 0 Å². The molecule has 1 aliphatic heterocycles. The highest BCUT2D eigenvalue weighted by Gasteiger charge is 2.32. The predicted octanol–water partition coefficient (Wildman–Crippen LogP) is 1.01. The lowest BCUT2D eigenvalue weighted by Gasteiger charge is -2.22. The lowest BCUT2D eigenvalue weighted by Crippen LogP contribution is -2.35. The van der Waals surface area contributed by atoms with Crippen molar-refractivity contribution < 1.29 is 16.8 Å². The van der Waals surface area contributed by atoms with Crippen LogP contribution in [0.25, 0.3) is 0 Å².